The molecule has 0 spiro atoms. The van der Waals surface area contributed by atoms with E-state index in [0.29, 0.717) is 0 Å². The van der Waals surface area contributed by atoms with Crippen LogP contribution in [-0.4, -0.2) is 6.54 Å². The van der Waals surface area contributed by atoms with E-state index in [1.807, 2.05) is 0 Å². The van der Waals surface area contributed by atoms with Crippen molar-refractivity contribution < 1.29 is 0 Å². The number of allylic oxidation sites excluding steroid dienone is 2. The van der Waals surface area contributed by atoms with Gasteiger partial charge in [0.25, 0.3) is 0 Å². The van der Waals surface area contributed by atoms with Crippen molar-refractivity contribution in [2.24, 2.45) is 5.73 Å². The van der Waals surface area contributed by atoms with Crippen molar-refractivity contribution in [2.45, 2.75) is 104 Å². The van der Waals surface area contributed by atoms with E-state index < -0.39 is 0 Å². The first kappa shape index (κ1) is 19.7. The van der Waals surface area contributed by atoms with Crippen LogP contribution in [0.15, 0.2) is 11.6 Å². The zero-order chi connectivity index (χ0) is 14.9. The predicted octanol–water partition coefficient (Wildman–Crippen LogP) is 6.37. The first-order valence-corrected chi connectivity index (χ1v) is 9.17. The van der Waals surface area contributed by atoms with Gasteiger partial charge in [0, 0.05) is 0 Å². The molecule has 0 aromatic heterocycles. The molecule has 0 saturated carbocycles. The van der Waals surface area contributed by atoms with Crippen LogP contribution in [-0.2, 0) is 0 Å². The molecule has 0 unspecified atom stereocenters. The second-order valence-corrected chi connectivity index (χ2v) is 6.27. The molecule has 0 heterocycles. The Morgan fingerprint density at radius 1 is 0.750 bits per heavy atom. The second kappa shape index (κ2) is 16.8. The van der Waals surface area contributed by atoms with Crippen molar-refractivity contribution in [1.82, 2.24) is 0 Å². The summed E-state index contributed by atoms with van der Waals surface area (Å²) in [6, 6.07) is 0. The Labute approximate surface area is 128 Å². The average Bonchev–Trinajstić information content (AvgIpc) is 2.45. The van der Waals surface area contributed by atoms with Crippen molar-refractivity contribution in [3.63, 3.8) is 0 Å². The van der Waals surface area contributed by atoms with Gasteiger partial charge in [0.05, 0.1) is 0 Å². The van der Waals surface area contributed by atoms with Crippen molar-refractivity contribution >= 4 is 0 Å². The molecule has 20 heavy (non-hydrogen) atoms. The van der Waals surface area contributed by atoms with Gasteiger partial charge < -0.3 is 5.73 Å². The van der Waals surface area contributed by atoms with Crippen LogP contribution in [0.4, 0.5) is 0 Å². The SMILES string of the molecule is CCCCCCCCCCC=C(C)CCCCCCN. The molecule has 0 aliphatic rings. The van der Waals surface area contributed by atoms with E-state index in [1.165, 1.54) is 89.9 Å². The van der Waals surface area contributed by atoms with Crippen LogP contribution >= 0.6 is 0 Å². The predicted molar refractivity (Wildman–Crippen MR) is 93.1 cm³/mol. The third-order valence-corrected chi connectivity index (χ3v) is 4.08. The summed E-state index contributed by atoms with van der Waals surface area (Å²) in [5, 5.41) is 0. The van der Waals surface area contributed by atoms with Crippen molar-refractivity contribution in [2.75, 3.05) is 6.54 Å². The summed E-state index contributed by atoms with van der Waals surface area (Å²) in [5.74, 6) is 0. The minimum atomic E-state index is 0.854. The maximum atomic E-state index is 5.50. The third kappa shape index (κ3) is 15.8. The summed E-state index contributed by atoms with van der Waals surface area (Å²) in [4.78, 5) is 0. The first-order valence-electron chi connectivity index (χ1n) is 9.17. The molecule has 0 saturated heterocycles. The molecule has 0 fully saturated rings. The first-order chi connectivity index (χ1) is 9.81. The number of nitrogens with two attached hydrogens (primary N) is 1. The molecule has 0 rings (SSSR count). The minimum Gasteiger partial charge on any atom is -0.330 e. The molecule has 0 aromatic carbocycles. The molecule has 0 atom stereocenters. The summed E-state index contributed by atoms with van der Waals surface area (Å²) in [7, 11) is 0. The van der Waals surface area contributed by atoms with Crippen molar-refractivity contribution in [3.05, 3.63) is 11.6 Å². The number of unbranched alkanes of at least 4 members (excludes halogenated alkanes) is 11. The van der Waals surface area contributed by atoms with Gasteiger partial charge in [-0.3, -0.25) is 0 Å². The molecule has 0 aromatic rings. The topological polar surface area (TPSA) is 26.0 Å². The fourth-order valence-electron chi connectivity index (χ4n) is 2.63. The van der Waals surface area contributed by atoms with Gasteiger partial charge in [-0.25, -0.2) is 0 Å². The Hall–Kier alpha value is -0.300. The van der Waals surface area contributed by atoms with E-state index in [1.54, 1.807) is 5.57 Å². The summed E-state index contributed by atoms with van der Waals surface area (Å²) in [5.41, 5.74) is 7.10. The van der Waals surface area contributed by atoms with E-state index >= 15 is 0 Å². The molecular weight excluding hydrogens is 242 g/mol. The molecule has 0 aliphatic carbocycles. The lowest BCUT2D eigenvalue weighted by atomic mass is 10.0. The van der Waals surface area contributed by atoms with E-state index in [2.05, 4.69) is 19.9 Å². The molecule has 120 valence electrons. The lowest BCUT2D eigenvalue weighted by Crippen LogP contribution is -1.97. The monoisotopic (exact) mass is 281 g/mol. The van der Waals surface area contributed by atoms with Gasteiger partial charge in [-0.05, 0) is 45.6 Å². The van der Waals surface area contributed by atoms with Crippen LogP contribution in [0.3, 0.4) is 0 Å². The Kier molecular flexibility index (Phi) is 16.5. The summed E-state index contributed by atoms with van der Waals surface area (Å²) in [6.07, 6.45) is 21.6. The van der Waals surface area contributed by atoms with Crippen LogP contribution in [0.5, 0.6) is 0 Å². The maximum Gasteiger partial charge on any atom is -0.00773 e. The van der Waals surface area contributed by atoms with Crippen LogP contribution < -0.4 is 5.73 Å². The van der Waals surface area contributed by atoms with Crippen molar-refractivity contribution in [3.8, 4) is 0 Å². The average molecular weight is 282 g/mol. The van der Waals surface area contributed by atoms with Crippen molar-refractivity contribution in [1.29, 1.82) is 0 Å². The van der Waals surface area contributed by atoms with E-state index in [0.717, 1.165) is 6.54 Å². The fourth-order valence-corrected chi connectivity index (χ4v) is 2.63. The van der Waals surface area contributed by atoms with Crippen LogP contribution in [0, 0.1) is 0 Å². The molecule has 2 N–H and O–H groups in total. The number of hydrogen-bond acceptors (Lipinski definition) is 1. The highest BCUT2D eigenvalue weighted by atomic mass is 14.5. The molecule has 0 radical (unpaired) electrons. The van der Waals surface area contributed by atoms with Gasteiger partial charge in [-0.2, -0.15) is 0 Å². The molecule has 0 bridgehead atoms. The minimum absolute atomic E-state index is 0.854. The summed E-state index contributed by atoms with van der Waals surface area (Å²) >= 11 is 0. The largest absolute Gasteiger partial charge is 0.330 e. The Morgan fingerprint density at radius 3 is 1.95 bits per heavy atom. The van der Waals surface area contributed by atoms with E-state index in [9.17, 15) is 0 Å². The molecule has 1 nitrogen and oxygen atoms in total. The number of rotatable bonds is 15. The van der Waals surface area contributed by atoms with Gasteiger partial charge in [-0.1, -0.05) is 76.4 Å². The highest BCUT2D eigenvalue weighted by Crippen LogP contribution is 2.13. The van der Waals surface area contributed by atoms with E-state index in [4.69, 9.17) is 5.73 Å². The van der Waals surface area contributed by atoms with Gasteiger partial charge >= 0.3 is 0 Å². The molecular formula is C19H39N. The fraction of sp³-hybridized carbons (Fsp3) is 0.895. The highest BCUT2D eigenvalue weighted by Gasteiger charge is 1.93. The van der Waals surface area contributed by atoms with Crippen LogP contribution in [0.2, 0.25) is 0 Å². The highest BCUT2D eigenvalue weighted by molar-refractivity contribution is 4.97. The van der Waals surface area contributed by atoms with Crippen LogP contribution in [0.25, 0.3) is 0 Å². The maximum absolute atomic E-state index is 5.50. The summed E-state index contributed by atoms with van der Waals surface area (Å²) < 4.78 is 0. The van der Waals surface area contributed by atoms with Gasteiger partial charge in [-0.15, -0.1) is 0 Å². The van der Waals surface area contributed by atoms with E-state index in [-0.39, 0.29) is 0 Å². The molecule has 0 amide bonds. The Morgan fingerprint density at radius 2 is 1.30 bits per heavy atom. The van der Waals surface area contributed by atoms with Crippen LogP contribution in [0.1, 0.15) is 104 Å². The smallest absolute Gasteiger partial charge is 0.00773 e. The zero-order valence-corrected chi connectivity index (χ0v) is 14.3. The lowest BCUT2D eigenvalue weighted by Gasteiger charge is -2.03. The normalized spacial score (nSPS) is 12.1. The van der Waals surface area contributed by atoms with Gasteiger partial charge in [0.15, 0.2) is 0 Å². The standard InChI is InChI=1S/C19H39N/c1-3-4-5-6-7-8-9-10-13-16-19(2)17-14-11-12-15-18-20/h16H,3-15,17-18,20H2,1-2H3. The molecule has 0 aliphatic heterocycles. The second-order valence-electron chi connectivity index (χ2n) is 6.27. The summed E-state index contributed by atoms with van der Waals surface area (Å²) in [6.45, 7) is 5.44. The van der Waals surface area contributed by atoms with Gasteiger partial charge in [0.2, 0.25) is 0 Å². The Balaban J connectivity index is 3.23. The quantitative estimate of drug-likeness (QED) is 0.274. The van der Waals surface area contributed by atoms with Gasteiger partial charge in [0.1, 0.15) is 0 Å². The number of hydrogen-bond donors (Lipinski definition) is 1. The lowest BCUT2D eigenvalue weighted by molar-refractivity contribution is 0.577. The molecule has 1 heteroatoms. The third-order valence-electron chi connectivity index (χ3n) is 4.08. The Bertz CT molecular complexity index is 208. The zero-order valence-electron chi connectivity index (χ0n) is 14.3.